The smallest absolute Gasteiger partial charge is 0.263 e. The van der Waals surface area contributed by atoms with Crippen LogP contribution >= 0.6 is 0 Å². The van der Waals surface area contributed by atoms with Crippen molar-refractivity contribution < 1.29 is 8.42 Å². The normalized spacial score (nSPS) is 23.9. The van der Waals surface area contributed by atoms with Gasteiger partial charge in [-0.2, -0.15) is 5.26 Å². The first kappa shape index (κ1) is 23.6. The lowest BCUT2D eigenvalue weighted by Crippen LogP contribution is -2.38. The van der Waals surface area contributed by atoms with Crippen LogP contribution in [-0.2, 0) is 10.0 Å². The van der Waals surface area contributed by atoms with E-state index in [9.17, 15) is 13.7 Å². The second-order valence-corrected chi connectivity index (χ2v) is 11.3. The summed E-state index contributed by atoms with van der Waals surface area (Å²) in [6.45, 7) is 0. The Morgan fingerprint density at radius 1 is 0.886 bits per heavy atom. The van der Waals surface area contributed by atoms with E-state index in [-0.39, 0.29) is 10.5 Å². The van der Waals surface area contributed by atoms with Gasteiger partial charge in [0.2, 0.25) is 0 Å². The molecular weight excluding hydrogens is 456 g/mol. The van der Waals surface area contributed by atoms with Crippen LogP contribution in [0.2, 0.25) is 0 Å². The van der Waals surface area contributed by atoms with Crippen molar-refractivity contribution in [2.75, 3.05) is 4.72 Å². The van der Waals surface area contributed by atoms with Crippen LogP contribution in [0.15, 0.2) is 77.7 Å². The van der Waals surface area contributed by atoms with Crippen LogP contribution in [-0.4, -0.2) is 26.5 Å². The third-order valence-electron chi connectivity index (χ3n) is 7.10. The van der Waals surface area contributed by atoms with Gasteiger partial charge in [0.25, 0.3) is 10.0 Å². The number of nitriles is 1. The second kappa shape index (κ2) is 9.82. The molecule has 0 saturated heterocycles. The van der Waals surface area contributed by atoms with Gasteiger partial charge in [-0.3, -0.25) is 4.72 Å². The van der Waals surface area contributed by atoms with Gasteiger partial charge in [-0.15, -0.1) is 0 Å². The summed E-state index contributed by atoms with van der Waals surface area (Å²) in [6.07, 6.45) is 5.74. The summed E-state index contributed by atoms with van der Waals surface area (Å²) in [5.41, 5.74) is 9.89. The minimum absolute atomic E-state index is 0.0269. The number of nitrogens with zero attached hydrogens (tertiary/aromatic N) is 1. The summed E-state index contributed by atoms with van der Waals surface area (Å²) in [6, 6.07) is 25.5. The molecule has 0 radical (unpaired) electrons. The van der Waals surface area contributed by atoms with Gasteiger partial charge in [0, 0.05) is 29.7 Å². The fourth-order valence-corrected chi connectivity index (χ4v) is 6.23. The van der Waals surface area contributed by atoms with Gasteiger partial charge in [0.15, 0.2) is 0 Å². The molecule has 2 aliphatic rings. The van der Waals surface area contributed by atoms with Crippen LogP contribution in [0.4, 0.5) is 5.69 Å². The van der Waals surface area contributed by atoms with Crippen LogP contribution in [0.5, 0.6) is 0 Å². The molecule has 2 atom stereocenters. The van der Waals surface area contributed by atoms with Crippen LogP contribution in [0.3, 0.4) is 0 Å². The zero-order chi connectivity index (χ0) is 24.4. The number of sulfonamides is 1. The quantitative estimate of drug-likeness (QED) is 0.447. The van der Waals surface area contributed by atoms with E-state index < -0.39 is 10.0 Å². The Balaban J connectivity index is 1.25. The maximum Gasteiger partial charge on any atom is 0.263 e. The van der Waals surface area contributed by atoms with E-state index in [1.807, 2.05) is 24.3 Å². The van der Waals surface area contributed by atoms with Crippen molar-refractivity contribution in [3.63, 3.8) is 0 Å². The molecule has 0 bridgehead atoms. The minimum Gasteiger partial charge on any atom is -0.328 e. The van der Waals surface area contributed by atoms with Crippen LogP contribution in [0.1, 0.15) is 49.1 Å². The lowest BCUT2D eigenvalue weighted by molar-refractivity contribution is 0.339. The molecule has 2 saturated carbocycles. The first-order valence-electron chi connectivity index (χ1n) is 12.2. The minimum atomic E-state index is -3.87. The molecule has 0 aliphatic heterocycles. The van der Waals surface area contributed by atoms with E-state index in [0.717, 1.165) is 24.0 Å². The van der Waals surface area contributed by atoms with E-state index in [1.54, 1.807) is 18.2 Å². The molecule has 0 heterocycles. The summed E-state index contributed by atoms with van der Waals surface area (Å²) >= 11 is 0. The van der Waals surface area contributed by atoms with E-state index in [2.05, 4.69) is 34.3 Å². The molecule has 0 amide bonds. The Kier molecular flexibility index (Phi) is 6.61. The topological polar surface area (TPSA) is 108 Å². The van der Waals surface area contributed by atoms with Gasteiger partial charge in [-0.05, 0) is 73.1 Å². The van der Waals surface area contributed by atoms with E-state index >= 15 is 0 Å². The number of hydrogen-bond donors (Lipinski definition) is 3. The number of nitrogens with one attached hydrogen (secondary N) is 2. The Hall–Kier alpha value is -3.18. The summed E-state index contributed by atoms with van der Waals surface area (Å²) in [4.78, 5) is -0.0269. The molecule has 3 aromatic rings. The molecule has 180 valence electrons. The third kappa shape index (κ3) is 5.40. The molecule has 0 aromatic heterocycles. The maximum atomic E-state index is 12.9. The van der Waals surface area contributed by atoms with Gasteiger partial charge in [0.1, 0.15) is 11.0 Å². The molecule has 7 heteroatoms. The number of anilines is 1. The number of rotatable bonds is 7. The lowest BCUT2D eigenvalue weighted by Gasteiger charge is -2.27. The zero-order valence-corrected chi connectivity index (χ0v) is 20.3. The van der Waals surface area contributed by atoms with Crippen LogP contribution in [0.25, 0.3) is 11.1 Å². The van der Waals surface area contributed by atoms with Crippen molar-refractivity contribution in [2.45, 2.75) is 61.0 Å². The molecule has 2 aliphatic carbocycles. The fraction of sp³-hybridized carbons (Fsp3) is 0.321. The highest BCUT2D eigenvalue weighted by molar-refractivity contribution is 7.92. The number of hydrogen-bond acceptors (Lipinski definition) is 5. The highest BCUT2D eigenvalue weighted by Gasteiger charge is 2.39. The summed E-state index contributed by atoms with van der Waals surface area (Å²) in [5, 5.41) is 13.1. The molecular formula is C28H30N4O2S. The van der Waals surface area contributed by atoms with E-state index in [0.29, 0.717) is 29.7 Å². The van der Waals surface area contributed by atoms with E-state index in [1.165, 1.54) is 37.0 Å². The van der Waals surface area contributed by atoms with Crippen molar-refractivity contribution in [3.8, 4) is 17.2 Å². The molecule has 5 rings (SSSR count). The molecule has 4 N–H and O–H groups in total. The molecule has 6 nitrogen and oxygen atoms in total. The SMILES string of the molecule is N#Cc1ccccc1S(=O)(=O)Nc1cccc(-c2ccc([C@@H]3C[C@H]3NC3CCC(N)CC3)cc2)c1. The molecule has 35 heavy (non-hydrogen) atoms. The Labute approximate surface area is 207 Å². The average molecular weight is 487 g/mol. The highest BCUT2D eigenvalue weighted by atomic mass is 32.2. The van der Waals surface area contributed by atoms with Crippen molar-refractivity contribution >= 4 is 15.7 Å². The average Bonchev–Trinajstić information content (AvgIpc) is 3.64. The predicted octanol–water partition coefficient (Wildman–Crippen LogP) is 4.74. The maximum absolute atomic E-state index is 12.9. The highest BCUT2D eigenvalue weighted by Crippen LogP contribution is 2.42. The van der Waals surface area contributed by atoms with Crippen LogP contribution in [0, 0.1) is 11.3 Å². The summed E-state index contributed by atoms with van der Waals surface area (Å²) < 4.78 is 28.4. The molecule has 3 aromatic carbocycles. The van der Waals surface area contributed by atoms with Gasteiger partial charge in [-0.25, -0.2) is 8.42 Å². The van der Waals surface area contributed by atoms with Crippen molar-refractivity contribution in [3.05, 3.63) is 83.9 Å². The van der Waals surface area contributed by atoms with Crippen LogP contribution < -0.4 is 15.8 Å². The zero-order valence-electron chi connectivity index (χ0n) is 19.5. The van der Waals surface area contributed by atoms with Gasteiger partial charge < -0.3 is 11.1 Å². The predicted molar refractivity (Wildman–Crippen MR) is 138 cm³/mol. The first-order valence-corrected chi connectivity index (χ1v) is 13.7. The lowest BCUT2D eigenvalue weighted by atomic mass is 9.92. The molecule has 0 unspecified atom stereocenters. The Bertz CT molecular complexity index is 1340. The third-order valence-corrected chi connectivity index (χ3v) is 8.54. The summed E-state index contributed by atoms with van der Waals surface area (Å²) in [7, 11) is -3.87. The van der Waals surface area contributed by atoms with Crippen molar-refractivity contribution in [1.82, 2.24) is 5.32 Å². The molecule has 2 fully saturated rings. The largest absolute Gasteiger partial charge is 0.328 e. The van der Waals surface area contributed by atoms with Crippen molar-refractivity contribution in [2.24, 2.45) is 5.73 Å². The Morgan fingerprint density at radius 2 is 1.63 bits per heavy atom. The standard InChI is InChI=1S/C28H30N4O2S/c29-18-22-4-1-2-7-28(22)35(33,34)32-25-6-3-5-21(16-25)19-8-10-20(11-9-19)26-17-27(26)31-24-14-12-23(30)13-15-24/h1-11,16,23-24,26-27,31-32H,12-15,17,30H2/t23?,24?,26-,27+/m0/s1. The number of nitrogens with two attached hydrogens (primary N) is 1. The van der Waals surface area contributed by atoms with Crippen molar-refractivity contribution in [1.29, 1.82) is 5.26 Å². The monoisotopic (exact) mass is 486 g/mol. The number of benzene rings is 3. The second-order valence-electron chi connectivity index (χ2n) is 9.64. The van der Waals surface area contributed by atoms with Gasteiger partial charge >= 0.3 is 0 Å². The molecule has 0 spiro atoms. The Morgan fingerprint density at radius 3 is 2.37 bits per heavy atom. The summed E-state index contributed by atoms with van der Waals surface area (Å²) in [5.74, 6) is 0.554. The van der Waals surface area contributed by atoms with Gasteiger partial charge in [-0.1, -0.05) is 48.5 Å². The van der Waals surface area contributed by atoms with Gasteiger partial charge in [0.05, 0.1) is 5.56 Å². The fourth-order valence-electron chi connectivity index (χ4n) is 5.02. The van der Waals surface area contributed by atoms with E-state index in [4.69, 9.17) is 5.73 Å². The first-order chi connectivity index (χ1) is 16.9.